The van der Waals surface area contributed by atoms with Crippen LogP contribution in [0, 0.1) is 11.8 Å². The van der Waals surface area contributed by atoms with E-state index in [9.17, 15) is 4.79 Å². The maximum Gasteiger partial charge on any atom is 0.144 e. The van der Waals surface area contributed by atoms with E-state index >= 15 is 0 Å². The minimum atomic E-state index is -0.0360. The third kappa shape index (κ3) is 1.69. The molecule has 1 fully saturated rings. The predicted octanol–water partition coefficient (Wildman–Crippen LogP) is 2.41. The third-order valence-electron chi connectivity index (χ3n) is 3.03. The number of pyridine rings is 1. The van der Waals surface area contributed by atoms with E-state index < -0.39 is 0 Å². The van der Waals surface area contributed by atoms with Crippen molar-refractivity contribution in [2.45, 2.75) is 26.2 Å². The Hall–Kier alpha value is -1.18. The van der Waals surface area contributed by atoms with Crippen molar-refractivity contribution >= 4 is 5.78 Å². The molecule has 0 aromatic carbocycles. The van der Waals surface area contributed by atoms with E-state index in [2.05, 4.69) is 11.9 Å². The molecule has 0 radical (unpaired) electrons. The van der Waals surface area contributed by atoms with Crippen LogP contribution in [0.2, 0.25) is 0 Å². The zero-order chi connectivity index (χ0) is 10.1. The van der Waals surface area contributed by atoms with Crippen LogP contribution in [0.4, 0.5) is 0 Å². The van der Waals surface area contributed by atoms with Crippen LogP contribution in [0.5, 0.6) is 0 Å². The monoisotopic (exact) mass is 189 g/mol. The van der Waals surface area contributed by atoms with E-state index in [0.717, 1.165) is 12.1 Å². The molecule has 14 heavy (non-hydrogen) atoms. The molecular formula is C12H15NO. The van der Waals surface area contributed by atoms with Crippen molar-refractivity contribution in [3.63, 3.8) is 0 Å². The van der Waals surface area contributed by atoms with Gasteiger partial charge < -0.3 is 0 Å². The molecule has 0 saturated heterocycles. The van der Waals surface area contributed by atoms with E-state index in [4.69, 9.17) is 0 Å². The standard InChI is InChI=1S/C12H15NO/c1-8-7-10(8)12(14)9(2)11-5-3-4-6-13-11/h3-6,8-10H,7H2,1-2H3. The number of rotatable bonds is 3. The Balaban J connectivity index is 2.09. The lowest BCUT2D eigenvalue weighted by Gasteiger charge is -2.08. The van der Waals surface area contributed by atoms with E-state index in [-0.39, 0.29) is 5.92 Å². The number of carbonyl (C=O) groups is 1. The van der Waals surface area contributed by atoms with Gasteiger partial charge in [-0.25, -0.2) is 0 Å². The second kappa shape index (κ2) is 3.52. The van der Waals surface area contributed by atoms with Crippen LogP contribution < -0.4 is 0 Å². The fourth-order valence-corrected chi connectivity index (χ4v) is 1.82. The quantitative estimate of drug-likeness (QED) is 0.730. The Morgan fingerprint density at radius 1 is 1.57 bits per heavy atom. The highest BCUT2D eigenvalue weighted by atomic mass is 16.1. The number of aromatic nitrogens is 1. The number of Topliss-reactive ketones (excluding diaryl/α,β-unsaturated/α-hetero) is 1. The molecule has 0 spiro atoms. The summed E-state index contributed by atoms with van der Waals surface area (Å²) in [5.41, 5.74) is 0.900. The van der Waals surface area contributed by atoms with Crippen molar-refractivity contribution in [1.29, 1.82) is 0 Å². The second-order valence-electron chi connectivity index (χ2n) is 4.20. The molecule has 0 aliphatic heterocycles. The largest absolute Gasteiger partial charge is 0.299 e. The summed E-state index contributed by atoms with van der Waals surface area (Å²) >= 11 is 0. The first-order chi connectivity index (χ1) is 6.70. The summed E-state index contributed by atoms with van der Waals surface area (Å²) in [6.45, 7) is 4.09. The van der Waals surface area contributed by atoms with Gasteiger partial charge >= 0.3 is 0 Å². The molecule has 2 rings (SSSR count). The number of hydrogen-bond acceptors (Lipinski definition) is 2. The first-order valence-corrected chi connectivity index (χ1v) is 5.15. The van der Waals surface area contributed by atoms with E-state index in [1.54, 1.807) is 6.20 Å². The van der Waals surface area contributed by atoms with Crippen LogP contribution in [-0.2, 0) is 4.79 Å². The van der Waals surface area contributed by atoms with Crippen molar-refractivity contribution in [3.05, 3.63) is 30.1 Å². The normalized spacial score (nSPS) is 27.0. The Morgan fingerprint density at radius 2 is 2.29 bits per heavy atom. The van der Waals surface area contributed by atoms with Crippen LogP contribution in [0.25, 0.3) is 0 Å². The van der Waals surface area contributed by atoms with Gasteiger partial charge in [0.2, 0.25) is 0 Å². The molecule has 1 aliphatic rings. The minimum absolute atomic E-state index is 0.0360. The van der Waals surface area contributed by atoms with Gasteiger partial charge in [0.1, 0.15) is 5.78 Å². The van der Waals surface area contributed by atoms with Crippen molar-refractivity contribution in [3.8, 4) is 0 Å². The fraction of sp³-hybridized carbons (Fsp3) is 0.500. The van der Waals surface area contributed by atoms with Crippen LogP contribution in [0.3, 0.4) is 0 Å². The predicted molar refractivity (Wildman–Crippen MR) is 54.9 cm³/mol. The zero-order valence-corrected chi connectivity index (χ0v) is 8.60. The molecule has 1 aromatic rings. The van der Waals surface area contributed by atoms with Crippen LogP contribution in [-0.4, -0.2) is 10.8 Å². The van der Waals surface area contributed by atoms with Crippen molar-refractivity contribution in [2.24, 2.45) is 11.8 Å². The van der Waals surface area contributed by atoms with E-state index in [0.29, 0.717) is 17.6 Å². The summed E-state index contributed by atoms with van der Waals surface area (Å²) in [6, 6.07) is 5.73. The molecule has 0 bridgehead atoms. The van der Waals surface area contributed by atoms with E-state index in [1.807, 2.05) is 25.1 Å². The molecule has 1 aliphatic carbocycles. The molecule has 1 saturated carbocycles. The molecule has 1 heterocycles. The summed E-state index contributed by atoms with van der Waals surface area (Å²) in [7, 11) is 0. The number of carbonyl (C=O) groups excluding carboxylic acids is 1. The Labute approximate surface area is 84.4 Å². The minimum Gasteiger partial charge on any atom is -0.299 e. The van der Waals surface area contributed by atoms with Gasteiger partial charge in [-0.3, -0.25) is 9.78 Å². The SMILES string of the molecule is CC(C(=O)C1CC1C)c1ccccn1. The highest BCUT2D eigenvalue weighted by Gasteiger charge is 2.41. The maximum absolute atomic E-state index is 11.9. The first-order valence-electron chi connectivity index (χ1n) is 5.15. The van der Waals surface area contributed by atoms with Gasteiger partial charge in [-0.15, -0.1) is 0 Å². The van der Waals surface area contributed by atoms with Crippen LogP contribution in [0.1, 0.15) is 31.9 Å². The average Bonchev–Trinajstić information content (AvgIpc) is 2.95. The summed E-state index contributed by atoms with van der Waals surface area (Å²) < 4.78 is 0. The van der Waals surface area contributed by atoms with Gasteiger partial charge in [-0.05, 0) is 31.4 Å². The van der Waals surface area contributed by atoms with Gasteiger partial charge in [0.25, 0.3) is 0 Å². The van der Waals surface area contributed by atoms with Crippen LogP contribution >= 0.6 is 0 Å². The molecule has 74 valence electrons. The first kappa shape index (κ1) is 9.38. The van der Waals surface area contributed by atoms with Crippen molar-refractivity contribution < 1.29 is 4.79 Å². The highest BCUT2D eigenvalue weighted by molar-refractivity contribution is 5.89. The van der Waals surface area contributed by atoms with E-state index in [1.165, 1.54) is 0 Å². The Kier molecular flexibility index (Phi) is 2.36. The van der Waals surface area contributed by atoms with Crippen molar-refractivity contribution in [1.82, 2.24) is 4.98 Å². The average molecular weight is 189 g/mol. The van der Waals surface area contributed by atoms with Gasteiger partial charge in [-0.1, -0.05) is 13.0 Å². The zero-order valence-electron chi connectivity index (χ0n) is 8.60. The Bertz CT molecular complexity index is 333. The Morgan fingerprint density at radius 3 is 2.79 bits per heavy atom. The van der Waals surface area contributed by atoms with Gasteiger partial charge in [0, 0.05) is 12.1 Å². The summed E-state index contributed by atoms with van der Waals surface area (Å²) in [6.07, 6.45) is 2.81. The van der Waals surface area contributed by atoms with Crippen molar-refractivity contribution in [2.75, 3.05) is 0 Å². The highest BCUT2D eigenvalue weighted by Crippen LogP contribution is 2.41. The molecule has 0 amide bonds. The van der Waals surface area contributed by atoms with Gasteiger partial charge in [0.15, 0.2) is 0 Å². The summed E-state index contributed by atoms with van der Waals surface area (Å²) in [5, 5.41) is 0. The maximum atomic E-state index is 11.9. The molecule has 3 atom stereocenters. The van der Waals surface area contributed by atoms with Crippen LogP contribution in [0.15, 0.2) is 24.4 Å². The summed E-state index contributed by atoms with van der Waals surface area (Å²) in [5.74, 6) is 1.21. The summed E-state index contributed by atoms with van der Waals surface area (Å²) in [4.78, 5) is 16.1. The van der Waals surface area contributed by atoms with Gasteiger partial charge in [0.05, 0.1) is 11.6 Å². The second-order valence-corrected chi connectivity index (χ2v) is 4.20. The lowest BCUT2D eigenvalue weighted by Crippen LogP contribution is -2.13. The molecular weight excluding hydrogens is 174 g/mol. The van der Waals surface area contributed by atoms with Gasteiger partial charge in [-0.2, -0.15) is 0 Å². The molecule has 2 heteroatoms. The molecule has 3 unspecified atom stereocenters. The number of ketones is 1. The lowest BCUT2D eigenvalue weighted by molar-refractivity contribution is -0.121. The third-order valence-corrected chi connectivity index (χ3v) is 3.03. The molecule has 0 N–H and O–H groups in total. The molecule has 2 nitrogen and oxygen atoms in total. The number of nitrogens with zero attached hydrogens (tertiary/aromatic N) is 1. The smallest absolute Gasteiger partial charge is 0.144 e. The molecule has 1 aromatic heterocycles. The fourth-order valence-electron chi connectivity index (χ4n) is 1.82. The lowest BCUT2D eigenvalue weighted by atomic mass is 9.98. The number of hydrogen-bond donors (Lipinski definition) is 0. The topological polar surface area (TPSA) is 30.0 Å².